The summed E-state index contributed by atoms with van der Waals surface area (Å²) in [5, 5.41) is 0.338. The molecule has 1 aromatic heterocycles. The molecule has 1 saturated carbocycles. The van der Waals surface area contributed by atoms with Gasteiger partial charge in [-0.25, -0.2) is 4.98 Å². The monoisotopic (exact) mass is 353 g/mol. The van der Waals surface area contributed by atoms with Crippen LogP contribution in [0, 0.1) is 9.49 Å². The van der Waals surface area contributed by atoms with E-state index in [1.54, 1.807) is 0 Å². The van der Waals surface area contributed by atoms with Crippen molar-refractivity contribution in [3.63, 3.8) is 0 Å². The molecule has 0 spiro atoms. The maximum atomic E-state index is 11.4. The summed E-state index contributed by atoms with van der Waals surface area (Å²) in [6.07, 6.45) is 3.57. The highest BCUT2D eigenvalue weighted by atomic mass is 127. The first-order valence-electron chi connectivity index (χ1n) is 5.16. The van der Waals surface area contributed by atoms with Crippen LogP contribution in [-0.2, 0) is 0 Å². The molecule has 1 N–H and O–H groups in total. The molecule has 0 aliphatic heterocycles. The van der Waals surface area contributed by atoms with Crippen LogP contribution in [0.5, 0.6) is 0 Å². The summed E-state index contributed by atoms with van der Waals surface area (Å²) in [7, 11) is 1.96. The number of aromatic amines is 1. The van der Waals surface area contributed by atoms with Crippen LogP contribution in [0.2, 0.25) is 0 Å². The first-order valence-corrected chi connectivity index (χ1v) is 6.68. The maximum absolute atomic E-state index is 11.4. The predicted octanol–water partition coefficient (Wildman–Crippen LogP) is 1.83. The molecule has 0 aromatic carbocycles. The number of alkyl halides is 1. The van der Waals surface area contributed by atoms with Crippen molar-refractivity contribution in [3.05, 3.63) is 20.3 Å². The molecular weight excluding hydrogens is 340 g/mol. The molecule has 0 amide bonds. The van der Waals surface area contributed by atoms with Gasteiger partial charge in [0.25, 0.3) is 5.56 Å². The summed E-state index contributed by atoms with van der Waals surface area (Å²) in [5.41, 5.74) is -0.0821. The summed E-state index contributed by atoms with van der Waals surface area (Å²) in [4.78, 5) is 20.2. The molecular formula is C10H13ClIN3O. The number of anilines is 1. The summed E-state index contributed by atoms with van der Waals surface area (Å²) in [6, 6.07) is 0. The van der Waals surface area contributed by atoms with Gasteiger partial charge in [0.1, 0.15) is 9.39 Å². The van der Waals surface area contributed by atoms with Crippen molar-refractivity contribution in [2.24, 2.45) is 5.92 Å². The number of rotatable bonds is 3. The Kier molecular flexibility index (Phi) is 3.73. The van der Waals surface area contributed by atoms with Crippen LogP contribution in [0.15, 0.2) is 11.1 Å². The van der Waals surface area contributed by atoms with E-state index < -0.39 is 0 Å². The largest absolute Gasteiger partial charge is 0.358 e. The first kappa shape index (κ1) is 12.2. The molecule has 1 fully saturated rings. The van der Waals surface area contributed by atoms with Gasteiger partial charge >= 0.3 is 0 Å². The zero-order chi connectivity index (χ0) is 11.7. The second kappa shape index (κ2) is 4.91. The van der Waals surface area contributed by atoms with Crippen LogP contribution >= 0.6 is 34.2 Å². The Balaban J connectivity index is 2.06. The topological polar surface area (TPSA) is 49.0 Å². The second-order valence-electron chi connectivity index (χ2n) is 4.18. The van der Waals surface area contributed by atoms with Crippen molar-refractivity contribution in [2.45, 2.75) is 18.2 Å². The molecule has 88 valence electrons. The average Bonchev–Trinajstić information content (AvgIpc) is 2.19. The van der Waals surface area contributed by atoms with E-state index in [9.17, 15) is 4.79 Å². The van der Waals surface area contributed by atoms with Crippen molar-refractivity contribution in [1.82, 2.24) is 9.97 Å². The number of H-pyrrole nitrogens is 1. The third-order valence-electron chi connectivity index (χ3n) is 2.85. The third kappa shape index (κ3) is 2.51. The van der Waals surface area contributed by atoms with Gasteiger partial charge in [-0.05, 0) is 41.4 Å². The Bertz CT molecular complexity index is 430. The Morgan fingerprint density at radius 2 is 2.38 bits per heavy atom. The van der Waals surface area contributed by atoms with E-state index in [4.69, 9.17) is 11.6 Å². The molecule has 6 heteroatoms. The molecule has 0 atom stereocenters. The van der Waals surface area contributed by atoms with E-state index in [1.807, 2.05) is 34.5 Å². The highest BCUT2D eigenvalue weighted by molar-refractivity contribution is 14.1. The summed E-state index contributed by atoms with van der Waals surface area (Å²) >= 11 is 7.97. The van der Waals surface area contributed by atoms with Crippen molar-refractivity contribution < 1.29 is 0 Å². The quantitative estimate of drug-likeness (QED) is 0.666. The molecule has 0 saturated heterocycles. The fourth-order valence-corrected chi connectivity index (χ4v) is 3.13. The molecule has 0 unspecified atom stereocenters. The van der Waals surface area contributed by atoms with Crippen LogP contribution in [0.4, 0.5) is 5.82 Å². The Morgan fingerprint density at radius 1 is 1.69 bits per heavy atom. The van der Waals surface area contributed by atoms with Crippen LogP contribution < -0.4 is 10.5 Å². The number of nitrogens with one attached hydrogen (secondary N) is 1. The van der Waals surface area contributed by atoms with Gasteiger partial charge in [-0.3, -0.25) is 4.79 Å². The zero-order valence-electron chi connectivity index (χ0n) is 8.91. The lowest BCUT2D eigenvalue weighted by Crippen LogP contribution is -2.36. The number of aromatic nitrogens is 2. The SMILES string of the molecule is CN(CC1CC(Cl)C1)c1nc[nH]c(=O)c1I. The first-order chi connectivity index (χ1) is 7.58. The number of hydrogen-bond donors (Lipinski definition) is 1. The Labute approximate surface area is 113 Å². The minimum absolute atomic E-state index is 0.0821. The molecule has 0 bridgehead atoms. The molecule has 4 nitrogen and oxygen atoms in total. The van der Waals surface area contributed by atoms with E-state index in [0.29, 0.717) is 14.9 Å². The van der Waals surface area contributed by atoms with Gasteiger partial charge < -0.3 is 9.88 Å². The molecule has 1 aromatic rings. The third-order valence-corrected chi connectivity index (χ3v) is 4.18. The smallest absolute Gasteiger partial charge is 0.266 e. The van der Waals surface area contributed by atoms with Crippen molar-refractivity contribution >= 4 is 40.0 Å². The van der Waals surface area contributed by atoms with Gasteiger partial charge in [-0.1, -0.05) is 0 Å². The fourth-order valence-electron chi connectivity index (χ4n) is 1.92. The fraction of sp³-hybridized carbons (Fsp3) is 0.600. The van der Waals surface area contributed by atoms with E-state index in [0.717, 1.165) is 25.2 Å². The molecule has 16 heavy (non-hydrogen) atoms. The highest BCUT2D eigenvalue weighted by Gasteiger charge is 2.28. The van der Waals surface area contributed by atoms with E-state index >= 15 is 0 Å². The number of halogens is 2. The van der Waals surface area contributed by atoms with Crippen LogP contribution in [0.25, 0.3) is 0 Å². The van der Waals surface area contributed by atoms with E-state index in [2.05, 4.69) is 9.97 Å². The van der Waals surface area contributed by atoms with Crippen LogP contribution in [0.3, 0.4) is 0 Å². The summed E-state index contributed by atoms with van der Waals surface area (Å²) in [6.45, 7) is 0.912. The normalized spacial score (nSPS) is 23.9. The van der Waals surface area contributed by atoms with Crippen LogP contribution in [-0.4, -0.2) is 28.9 Å². The van der Waals surface area contributed by atoms with Gasteiger partial charge in [0.2, 0.25) is 0 Å². The van der Waals surface area contributed by atoms with Crippen molar-refractivity contribution in [2.75, 3.05) is 18.5 Å². The minimum atomic E-state index is -0.0821. The summed E-state index contributed by atoms with van der Waals surface area (Å²) < 4.78 is 0.643. The standard InChI is InChI=1S/C10H13ClIN3O/c1-15(4-6-2-7(11)3-6)9-8(12)10(16)14-5-13-9/h5-7H,2-4H2,1H3,(H,13,14,16). The predicted molar refractivity (Wildman–Crippen MR) is 73.2 cm³/mol. The summed E-state index contributed by atoms with van der Waals surface area (Å²) in [5.74, 6) is 1.38. The Morgan fingerprint density at radius 3 is 3.00 bits per heavy atom. The Hall–Kier alpha value is -0.300. The van der Waals surface area contributed by atoms with Gasteiger partial charge in [-0.2, -0.15) is 0 Å². The molecule has 1 heterocycles. The van der Waals surface area contributed by atoms with E-state index in [1.165, 1.54) is 6.33 Å². The lowest BCUT2D eigenvalue weighted by atomic mass is 9.84. The van der Waals surface area contributed by atoms with E-state index in [-0.39, 0.29) is 5.56 Å². The number of hydrogen-bond acceptors (Lipinski definition) is 3. The lowest BCUT2D eigenvalue weighted by molar-refractivity contribution is 0.328. The van der Waals surface area contributed by atoms with Crippen LogP contribution in [0.1, 0.15) is 12.8 Å². The lowest BCUT2D eigenvalue weighted by Gasteiger charge is -2.34. The second-order valence-corrected chi connectivity index (χ2v) is 5.88. The molecule has 2 rings (SSSR count). The van der Waals surface area contributed by atoms with Crippen molar-refractivity contribution in [1.29, 1.82) is 0 Å². The van der Waals surface area contributed by atoms with Crippen molar-refractivity contribution in [3.8, 4) is 0 Å². The molecule has 0 radical (unpaired) electrons. The maximum Gasteiger partial charge on any atom is 0.266 e. The average molecular weight is 354 g/mol. The molecule has 1 aliphatic carbocycles. The van der Waals surface area contributed by atoms with Gasteiger partial charge in [0.15, 0.2) is 0 Å². The number of nitrogens with zero attached hydrogens (tertiary/aromatic N) is 2. The van der Waals surface area contributed by atoms with Gasteiger partial charge in [0, 0.05) is 19.0 Å². The van der Waals surface area contributed by atoms with Gasteiger partial charge in [-0.15, -0.1) is 11.6 Å². The van der Waals surface area contributed by atoms with Gasteiger partial charge in [0.05, 0.1) is 6.33 Å². The minimum Gasteiger partial charge on any atom is -0.358 e. The highest BCUT2D eigenvalue weighted by Crippen LogP contribution is 2.33. The molecule has 1 aliphatic rings. The zero-order valence-corrected chi connectivity index (χ0v) is 11.8.